The molecule has 2 aliphatic rings. The van der Waals surface area contributed by atoms with Crippen molar-refractivity contribution >= 4 is 23.3 Å². The molecule has 1 N–H and O–H groups in total. The van der Waals surface area contributed by atoms with Crippen LogP contribution in [0.2, 0.25) is 0 Å². The molecule has 9 heteroatoms. The van der Waals surface area contributed by atoms with Crippen LogP contribution in [0, 0.1) is 11.8 Å². The molecule has 2 aliphatic heterocycles. The molecule has 0 saturated carbocycles. The molecule has 0 aliphatic carbocycles. The Balaban J connectivity index is 1.35. The van der Waals surface area contributed by atoms with Crippen LogP contribution < -0.4 is 29.3 Å². The van der Waals surface area contributed by atoms with E-state index in [1.807, 2.05) is 18.3 Å². The number of nitrogens with zero attached hydrogens (tertiary/aromatic N) is 3. The second-order valence-corrected chi connectivity index (χ2v) is 9.20. The monoisotopic (exact) mass is 482 g/mol. The highest BCUT2D eigenvalue weighted by atomic mass is 16.5. The maximum absolute atomic E-state index is 12.8. The highest BCUT2D eigenvalue weighted by molar-refractivity contribution is 6.00. The second-order valence-electron chi connectivity index (χ2n) is 9.20. The third kappa shape index (κ3) is 5.44. The first-order valence-electron chi connectivity index (χ1n) is 12.0. The Kier molecular flexibility index (Phi) is 7.63. The van der Waals surface area contributed by atoms with Crippen LogP contribution in [0.25, 0.3) is 0 Å². The number of pyridine rings is 1. The van der Waals surface area contributed by atoms with Crippen LogP contribution in [0.4, 0.5) is 11.5 Å². The molecule has 1 atom stereocenters. The van der Waals surface area contributed by atoms with Crippen LogP contribution >= 0.6 is 0 Å². The Hall–Kier alpha value is -3.49. The summed E-state index contributed by atoms with van der Waals surface area (Å²) in [6, 6.07) is 7.46. The van der Waals surface area contributed by atoms with Crippen molar-refractivity contribution in [3.05, 3.63) is 36.0 Å². The van der Waals surface area contributed by atoms with E-state index in [-0.39, 0.29) is 24.8 Å². The Morgan fingerprint density at radius 1 is 1.09 bits per heavy atom. The number of anilines is 2. The van der Waals surface area contributed by atoms with Gasteiger partial charge in [-0.3, -0.25) is 9.59 Å². The van der Waals surface area contributed by atoms with Gasteiger partial charge in [-0.05, 0) is 30.4 Å². The van der Waals surface area contributed by atoms with E-state index in [9.17, 15) is 9.59 Å². The van der Waals surface area contributed by atoms with Gasteiger partial charge in [-0.15, -0.1) is 0 Å². The van der Waals surface area contributed by atoms with Crippen LogP contribution in [0.15, 0.2) is 30.5 Å². The van der Waals surface area contributed by atoms with Gasteiger partial charge >= 0.3 is 0 Å². The van der Waals surface area contributed by atoms with Crippen molar-refractivity contribution in [3.63, 3.8) is 0 Å². The standard InChI is InChI=1S/C26H34N4O5/c1-17-7-9-29(10-8-17)23-6-5-18(14-27-23)15-28-26(32)19-11-24(31)30(16-19)20-12-21(33-2)25(35-4)22(13-20)34-3/h5-6,12-14,17,19H,7-11,15-16H2,1-4H3,(H,28,32). The summed E-state index contributed by atoms with van der Waals surface area (Å²) in [6.45, 7) is 5.01. The summed E-state index contributed by atoms with van der Waals surface area (Å²) in [5, 5.41) is 2.96. The molecule has 1 aromatic carbocycles. The average Bonchev–Trinajstić information content (AvgIpc) is 3.28. The minimum atomic E-state index is -0.441. The third-order valence-electron chi connectivity index (χ3n) is 6.84. The van der Waals surface area contributed by atoms with Gasteiger partial charge in [0.2, 0.25) is 17.6 Å². The van der Waals surface area contributed by atoms with Gasteiger partial charge in [-0.2, -0.15) is 0 Å². The summed E-state index contributed by atoms with van der Waals surface area (Å²) < 4.78 is 16.1. The number of carbonyl (C=O) groups is 2. The predicted molar refractivity (Wildman–Crippen MR) is 133 cm³/mol. The van der Waals surface area contributed by atoms with E-state index in [0.717, 1.165) is 30.4 Å². The number of aromatic nitrogens is 1. The molecule has 2 aromatic rings. The second kappa shape index (κ2) is 10.8. The fourth-order valence-corrected chi connectivity index (χ4v) is 4.64. The van der Waals surface area contributed by atoms with Gasteiger partial charge < -0.3 is 29.3 Å². The van der Waals surface area contributed by atoms with Crippen molar-refractivity contribution in [3.8, 4) is 17.2 Å². The largest absolute Gasteiger partial charge is 0.493 e. The molecule has 1 aromatic heterocycles. The molecule has 0 spiro atoms. The number of benzene rings is 1. The van der Waals surface area contributed by atoms with Crippen molar-refractivity contribution in [2.75, 3.05) is 50.8 Å². The smallest absolute Gasteiger partial charge is 0.227 e. The first kappa shape index (κ1) is 24.6. The van der Waals surface area contributed by atoms with E-state index in [1.165, 1.54) is 34.2 Å². The number of piperidine rings is 1. The zero-order chi connectivity index (χ0) is 24.9. The molecular formula is C26H34N4O5. The lowest BCUT2D eigenvalue weighted by Crippen LogP contribution is -2.33. The molecule has 2 fully saturated rings. The highest BCUT2D eigenvalue weighted by Gasteiger charge is 2.36. The van der Waals surface area contributed by atoms with Gasteiger partial charge in [-0.1, -0.05) is 13.0 Å². The molecule has 3 heterocycles. The van der Waals surface area contributed by atoms with Gasteiger partial charge in [-0.25, -0.2) is 4.98 Å². The van der Waals surface area contributed by atoms with Crippen molar-refractivity contribution in [2.24, 2.45) is 11.8 Å². The van der Waals surface area contributed by atoms with E-state index in [4.69, 9.17) is 14.2 Å². The summed E-state index contributed by atoms with van der Waals surface area (Å²) in [7, 11) is 4.58. The van der Waals surface area contributed by atoms with Crippen LogP contribution in [0.5, 0.6) is 17.2 Å². The molecule has 188 valence electrons. The number of amides is 2. The molecule has 2 amide bonds. The maximum atomic E-state index is 12.8. The number of hydrogen-bond acceptors (Lipinski definition) is 7. The Labute approximate surface area is 206 Å². The van der Waals surface area contributed by atoms with Crippen molar-refractivity contribution in [2.45, 2.75) is 32.7 Å². The van der Waals surface area contributed by atoms with E-state index >= 15 is 0 Å². The van der Waals surface area contributed by atoms with Gasteiger partial charge in [0.1, 0.15) is 5.82 Å². The van der Waals surface area contributed by atoms with Crippen molar-refractivity contribution in [1.29, 1.82) is 0 Å². The normalized spacial score (nSPS) is 18.5. The zero-order valence-corrected chi connectivity index (χ0v) is 20.9. The summed E-state index contributed by atoms with van der Waals surface area (Å²) in [6.07, 6.45) is 4.34. The third-order valence-corrected chi connectivity index (χ3v) is 6.84. The number of methoxy groups -OCH3 is 3. The van der Waals surface area contributed by atoms with Gasteiger partial charge in [0.05, 0.1) is 32.9 Å². The van der Waals surface area contributed by atoms with E-state index < -0.39 is 5.92 Å². The number of hydrogen-bond donors (Lipinski definition) is 1. The summed E-state index contributed by atoms with van der Waals surface area (Å²) in [5.74, 6) is 2.40. The molecule has 1 unspecified atom stereocenters. The van der Waals surface area contributed by atoms with E-state index in [1.54, 1.807) is 17.0 Å². The topological polar surface area (TPSA) is 93.2 Å². The van der Waals surface area contributed by atoms with Crippen LogP contribution in [0.1, 0.15) is 31.7 Å². The van der Waals surface area contributed by atoms with Gasteiger partial charge in [0.25, 0.3) is 0 Å². The lowest BCUT2D eigenvalue weighted by molar-refractivity contribution is -0.126. The number of rotatable bonds is 8. The minimum Gasteiger partial charge on any atom is -0.493 e. The van der Waals surface area contributed by atoms with Gasteiger partial charge in [0.15, 0.2) is 11.5 Å². The average molecular weight is 483 g/mol. The highest BCUT2D eigenvalue weighted by Crippen LogP contribution is 2.42. The Morgan fingerprint density at radius 3 is 2.34 bits per heavy atom. The summed E-state index contributed by atoms with van der Waals surface area (Å²) in [4.78, 5) is 34.1. The predicted octanol–water partition coefficient (Wildman–Crippen LogP) is 3.01. The number of ether oxygens (including phenoxy) is 3. The quantitative estimate of drug-likeness (QED) is 0.618. The fraction of sp³-hybridized carbons (Fsp3) is 0.500. The summed E-state index contributed by atoms with van der Waals surface area (Å²) in [5.41, 5.74) is 1.53. The lowest BCUT2D eigenvalue weighted by atomic mass is 9.99. The molecule has 35 heavy (non-hydrogen) atoms. The SMILES string of the molecule is COc1cc(N2CC(C(=O)NCc3ccc(N4CCC(C)CC4)nc3)CC2=O)cc(OC)c1OC. The van der Waals surface area contributed by atoms with Crippen LogP contribution in [-0.4, -0.2) is 57.8 Å². The van der Waals surface area contributed by atoms with Crippen LogP contribution in [0.3, 0.4) is 0 Å². The lowest BCUT2D eigenvalue weighted by Gasteiger charge is -2.31. The first-order chi connectivity index (χ1) is 16.9. The first-order valence-corrected chi connectivity index (χ1v) is 12.0. The molecular weight excluding hydrogens is 448 g/mol. The number of nitrogens with one attached hydrogen (secondary N) is 1. The van der Waals surface area contributed by atoms with Gasteiger partial charge in [0, 0.05) is 50.9 Å². The molecule has 0 radical (unpaired) electrons. The van der Waals surface area contributed by atoms with Crippen LogP contribution in [-0.2, 0) is 16.1 Å². The fourth-order valence-electron chi connectivity index (χ4n) is 4.64. The maximum Gasteiger partial charge on any atom is 0.227 e. The molecule has 2 saturated heterocycles. The Bertz CT molecular complexity index is 1030. The molecule has 0 bridgehead atoms. The number of carbonyl (C=O) groups excluding carboxylic acids is 2. The summed E-state index contributed by atoms with van der Waals surface area (Å²) >= 11 is 0. The van der Waals surface area contributed by atoms with Crippen molar-refractivity contribution < 1.29 is 23.8 Å². The zero-order valence-electron chi connectivity index (χ0n) is 20.9. The Morgan fingerprint density at radius 2 is 1.77 bits per heavy atom. The van der Waals surface area contributed by atoms with E-state index in [0.29, 0.717) is 29.5 Å². The molecule has 4 rings (SSSR count). The minimum absolute atomic E-state index is 0.124. The molecule has 9 nitrogen and oxygen atoms in total. The van der Waals surface area contributed by atoms with E-state index in [2.05, 4.69) is 22.1 Å². The van der Waals surface area contributed by atoms with Crippen molar-refractivity contribution in [1.82, 2.24) is 10.3 Å².